The Kier molecular flexibility index (Phi) is 5.54. The Morgan fingerprint density at radius 2 is 2.14 bits per heavy atom. The van der Waals surface area contributed by atoms with E-state index in [2.05, 4.69) is 28.9 Å². The van der Waals surface area contributed by atoms with Crippen molar-refractivity contribution in [3.8, 4) is 0 Å². The molecular weight excluding hydrogens is 342 g/mol. The fraction of sp³-hybridized carbons (Fsp3) is 0.385. The lowest BCUT2D eigenvalue weighted by Crippen LogP contribution is -2.25. The van der Waals surface area contributed by atoms with Crippen LogP contribution in [0.2, 0.25) is 0 Å². The van der Waals surface area contributed by atoms with Gasteiger partial charge in [0.1, 0.15) is 9.90 Å². The van der Waals surface area contributed by atoms with E-state index in [0.717, 1.165) is 29.1 Å². The molecule has 2 aromatic heterocycles. The van der Waals surface area contributed by atoms with Crippen LogP contribution in [0, 0.1) is 5.92 Å². The molecule has 2 N–H and O–H groups in total. The van der Waals surface area contributed by atoms with Crippen molar-refractivity contribution in [2.45, 2.75) is 24.5 Å². The number of sulfonamides is 1. The highest BCUT2D eigenvalue weighted by molar-refractivity contribution is 7.94. The van der Waals surface area contributed by atoms with Gasteiger partial charge >= 0.3 is 0 Å². The molecule has 0 radical (unpaired) electrons. The smallest absolute Gasteiger partial charge is 0.273 e. The van der Waals surface area contributed by atoms with Gasteiger partial charge in [-0.05, 0) is 23.8 Å². The first-order chi connectivity index (χ1) is 10.4. The summed E-state index contributed by atoms with van der Waals surface area (Å²) < 4.78 is 26.7. The Morgan fingerprint density at radius 3 is 2.77 bits per heavy atom. The molecule has 0 atom stereocenters. The predicted octanol–water partition coefficient (Wildman–Crippen LogP) is 2.78. The van der Waals surface area contributed by atoms with Gasteiger partial charge in [0.25, 0.3) is 15.9 Å². The minimum absolute atomic E-state index is 0.183. The topological polar surface area (TPSA) is 88.2 Å². The largest absolute Gasteiger partial charge is 0.351 e. The van der Waals surface area contributed by atoms with E-state index in [9.17, 15) is 13.2 Å². The van der Waals surface area contributed by atoms with Gasteiger partial charge in [0.05, 0.1) is 0 Å². The minimum atomic E-state index is -3.63. The molecule has 120 valence electrons. The molecule has 0 fully saturated rings. The van der Waals surface area contributed by atoms with Crippen molar-refractivity contribution in [2.75, 3.05) is 11.3 Å². The second kappa shape index (κ2) is 7.21. The van der Waals surface area contributed by atoms with Crippen LogP contribution in [0.15, 0.2) is 27.1 Å². The summed E-state index contributed by atoms with van der Waals surface area (Å²) in [5.41, 5.74) is 0.220. The van der Waals surface area contributed by atoms with Crippen molar-refractivity contribution >= 4 is 43.7 Å². The van der Waals surface area contributed by atoms with Crippen molar-refractivity contribution in [1.29, 1.82) is 0 Å². The number of hydrogen-bond donors (Lipinski definition) is 2. The van der Waals surface area contributed by atoms with Gasteiger partial charge in [-0.25, -0.2) is 13.4 Å². The summed E-state index contributed by atoms with van der Waals surface area (Å²) in [6, 6.07) is 3.18. The molecule has 0 saturated heterocycles. The Morgan fingerprint density at radius 1 is 1.36 bits per heavy atom. The lowest BCUT2D eigenvalue weighted by atomic mass is 10.1. The number of amides is 1. The van der Waals surface area contributed by atoms with Crippen LogP contribution < -0.4 is 10.0 Å². The second-order valence-corrected chi connectivity index (χ2v) is 8.73. The molecule has 0 aliphatic heterocycles. The fourth-order valence-corrected chi connectivity index (χ4v) is 4.51. The van der Waals surface area contributed by atoms with E-state index in [4.69, 9.17) is 0 Å². The fourth-order valence-electron chi connectivity index (χ4n) is 1.57. The third-order valence-electron chi connectivity index (χ3n) is 2.73. The molecule has 1 amide bonds. The highest BCUT2D eigenvalue weighted by Gasteiger charge is 2.18. The van der Waals surface area contributed by atoms with Crippen molar-refractivity contribution in [3.05, 3.63) is 28.6 Å². The molecule has 0 aliphatic carbocycles. The molecule has 2 aromatic rings. The normalized spacial score (nSPS) is 11.6. The Labute approximate surface area is 137 Å². The zero-order chi connectivity index (χ0) is 16.2. The van der Waals surface area contributed by atoms with Crippen LogP contribution in [0.5, 0.6) is 0 Å². The molecule has 0 aliphatic rings. The summed E-state index contributed by atoms with van der Waals surface area (Å²) in [5, 5.41) is 6.17. The minimum Gasteiger partial charge on any atom is -0.351 e. The number of nitrogens with zero attached hydrogens (tertiary/aromatic N) is 1. The molecule has 6 nitrogen and oxygen atoms in total. The van der Waals surface area contributed by atoms with Gasteiger partial charge in [-0.15, -0.1) is 22.7 Å². The van der Waals surface area contributed by atoms with Crippen molar-refractivity contribution < 1.29 is 13.2 Å². The van der Waals surface area contributed by atoms with E-state index in [1.54, 1.807) is 11.4 Å². The number of carbonyl (C=O) groups is 1. The van der Waals surface area contributed by atoms with Crippen LogP contribution in [0.4, 0.5) is 5.13 Å². The third kappa shape index (κ3) is 4.52. The van der Waals surface area contributed by atoms with Gasteiger partial charge in [-0.2, -0.15) is 0 Å². The number of hydrogen-bond acceptors (Lipinski definition) is 6. The quantitative estimate of drug-likeness (QED) is 0.796. The lowest BCUT2D eigenvalue weighted by Gasteiger charge is -2.05. The van der Waals surface area contributed by atoms with Crippen molar-refractivity contribution in [2.24, 2.45) is 5.92 Å². The maximum absolute atomic E-state index is 12.1. The number of nitrogens with one attached hydrogen (secondary N) is 2. The molecule has 9 heteroatoms. The highest BCUT2D eigenvalue weighted by Crippen LogP contribution is 2.22. The molecular formula is C13H17N3O3S3. The number of rotatable bonds is 7. The number of carbonyl (C=O) groups excluding carboxylic acids is 1. The van der Waals surface area contributed by atoms with Gasteiger partial charge in [0.2, 0.25) is 0 Å². The number of anilines is 1. The van der Waals surface area contributed by atoms with Gasteiger partial charge in [-0.1, -0.05) is 19.9 Å². The first-order valence-corrected chi connectivity index (χ1v) is 9.93. The van der Waals surface area contributed by atoms with Crippen molar-refractivity contribution in [1.82, 2.24) is 10.3 Å². The van der Waals surface area contributed by atoms with Gasteiger partial charge < -0.3 is 5.32 Å². The molecule has 0 bridgehead atoms. The van der Waals surface area contributed by atoms with Crippen molar-refractivity contribution in [3.63, 3.8) is 0 Å². The average molecular weight is 359 g/mol. The summed E-state index contributed by atoms with van der Waals surface area (Å²) in [4.78, 5) is 15.9. The molecule has 0 saturated carbocycles. The summed E-state index contributed by atoms with van der Waals surface area (Å²) in [5.74, 6) is 0.211. The van der Waals surface area contributed by atoms with Crippen LogP contribution >= 0.6 is 22.7 Å². The Hall–Kier alpha value is -1.45. The van der Waals surface area contributed by atoms with E-state index in [-0.39, 0.29) is 20.9 Å². The van der Waals surface area contributed by atoms with Crippen LogP contribution in [0.1, 0.15) is 30.8 Å². The molecule has 2 rings (SSSR count). The second-order valence-electron chi connectivity index (χ2n) is 5.01. The summed E-state index contributed by atoms with van der Waals surface area (Å²) in [6.45, 7) is 4.73. The standard InChI is InChI=1S/C13H17N3O3S3/c1-9(2)5-6-14-12(17)10-8-21-13(15-10)16-22(18,19)11-4-3-7-20-11/h3-4,7-9H,5-6H2,1-2H3,(H,14,17)(H,15,16). The van der Waals surface area contributed by atoms with Gasteiger partial charge in [0, 0.05) is 11.9 Å². The zero-order valence-corrected chi connectivity index (χ0v) is 14.6. The van der Waals surface area contributed by atoms with Crippen LogP contribution in [0.3, 0.4) is 0 Å². The van der Waals surface area contributed by atoms with E-state index < -0.39 is 10.0 Å². The molecule has 0 aromatic carbocycles. The van der Waals surface area contributed by atoms with E-state index in [0.29, 0.717) is 12.5 Å². The van der Waals surface area contributed by atoms with Gasteiger partial charge in [0.15, 0.2) is 5.13 Å². The Bertz CT molecular complexity index is 721. The summed E-state index contributed by atoms with van der Waals surface area (Å²) >= 11 is 2.21. The van der Waals surface area contributed by atoms with Gasteiger partial charge in [-0.3, -0.25) is 9.52 Å². The third-order valence-corrected chi connectivity index (χ3v) is 6.35. The Balaban J connectivity index is 1.98. The molecule has 2 heterocycles. The zero-order valence-electron chi connectivity index (χ0n) is 12.2. The first-order valence-electron chi connectivity index (χ1n) is 6.68. The van der Waals surface area contributed by atoms with Crippen LogP contribution in [0.25, 0.3) is 0 Å². The molecule has 22 heavy (non-hydrogen) atoms. The maximum Gasteiger partial charge on any atom is 0.273 e. The van der Waals surface area contributed by atoms with E-state index in [1.165, 1.54) is 11.4 Å². The number of thiazole rings is 1. The van der Waals surface area contributed by atoms with E-state index in [1.807, 2.05) is 0 Å². The van der Waals surface area contributed by atoms with E-state index >= 15 is 0 Å². The van der Waals surface area contributed by atoms with Crippen LogP contribution in [-0.2, 0) is 10.0 Å². The average Bonchev–Trinajstić information content (AvgIpc) is 3.08. The maximum atomic E-state index is 12.1. The van der Waals surface area contributed by atoms with Crippen LogP contribution in [-0.4, -0.2) is 25.9 Å². The number of aromatic nitrogens is 1. The first kappa shape index (κ1) is 16.9. The highest BCUT2D eigenvalue weighted by atomic mass is 32.2. The number of thiophene rings is 1. The monoisotopic (exact) mass is 359 g/mol. The molecule has 0 unspecified atom stereocenters. The predicted molar refractivity (Wildman–Crippen MR) is 89.0 cm³/mol. The SMILES string of the molecule is CC(C)CCNC(=O)c1csc(NS(=O)(=O)c2cccs2)n1. The summed E-state index contributed by atoms with van der Waals surface area (Å²) in [7, 11) is -3.63. The molecule has 0 spiro atoms. The summed E-state index contributed by atoms with van der Waals surface area (Å²) in [6.07, 6.45) is 0.883. The lowest BCUT2D eigenvalue weighted by molar-refractivity contribution is 0.0948.